The molecule has 0 saturated carbocycles. The van der Waals surface area contributed by atoms with Crippen molar-refractivity contribution in [3.8, 4) is 0 Å². The summed E-state index contributed by atoms with van der Waals surface area (Å²) in [6.07, 6.45) is 1.09. The maximum absolute atomic E-state index is 13.6. The van der Waals surface area contributed by atoms with E-state index in [0.29, 0.717) is 12.5 Å². The summed E-state index contributed by atoms with van der Waals surface area (Å²) in [5.74, 6) is -0.287. The predicted octanol–water partition coefficient (Wildman–Crippen LogP) is 1.82. The van der Waals surface area contributed by atoms with Crippen molar-refractivity contribution in [3.05, 3.63) is 35.1 Å². The van der Waals surface area contributed by atoms with Crippen LogP contribution in [0.4, 0.5) is 4.39 Å². The zero-order valence-electron chi connectivity index (χ0n) is 10.9. The molecule has 0 bridgehead atoms. The third kappa shape index (κ3) is 3.07. The van der Waals surface area contributed by atoms with Crippen molar-refractivity contribution in [2.24, 2.45) is 5.92 Å². The van der Waals surface area contributed by atoms with Gasteiger partial charge in [0.25, 0.3) is 5.91 Å². The molecule has 1 aliphatic heterocycles. The van der Waals surface area contributed by atoms with Gasteiger partial charge in [-0.05, 0) is 50.6 Å². The molecule has 1 unspecified atom stereocenters. The van der Waals surface area contributed by atoms with Crippen molar-refractivity contribution in [1.82, 2.24) is 10.2 Å². The number of carbonyl (C=O) groups excluding carboxylic acids is 1. The average Bonchev–Trinajstić information content (AvgIpc) is 2.72. The smallest absolute Gasteiger partial charge is 0.254 e. The maximum atomic E-state index is 13.6. The van der Waals surface area contributed by atoms with E-state index < -0.39 is 5.82 Å². The minimum atomic E-state index is -0.448. The molecule has 1 heterocycles. The number of halogens is 1. The highest BCUT2D eigenvalue weighted by molar-refractivity contribution is 5.94. The van der Waals surface area contributed by atoms with Crippen LogP contribution in [0.2, 0.25) is 0 Å². The van der Waals surface area contributed by atoms with Crippen molar-refractivity contribution >= 4 is 5.91 Å². The summed E-state index contributed by atoms with van der Waals surface area (Å²) in [7, 11) is 2.07. The van der Waals surface area contributed by atoms with Crippen molar-refractivity contribution in [3.63, 3.8) is 0 Å². The number of benzene rings is 1. The Hall–Kier alpha value is -1.42. The van der Waals surface area contributed by atoms with Gasteiger partial charge in [0.2, 0.25) is 0 Å². The Morgan fingerprint density at radius 3 is 2.94 bits per heavy atom. The van der Waals surface area contributed by atoms with Gasteiger partial charge in [-0.1, -0.05) is 6.07 Å². The van der Waals surface area contributed by atoms with Gasteiger partial charge in [0, 0.05) is 13.1 Å². The Bertz CT molecular complexity index is 447. The molecule has 1 atom stereocenters. The van der Waals surface area contributed by atoms with Gasteiger partial charge in [0.1, 0.15) is 5.82 Å². The molecule has 1 amide bonds. The van der Waals surface area contributed by atoms with Gasteiger partial charge >= 0.3 is 0 Å². The summed E-state index contributed by atoms with van der Waals surface area (Å²) in [6.45, 7) is 4.49. The summed E-state index contributed by atoms with van der Waals surface area (Å²) >= 11 is 0. The molecule has 1 N–H and O–H groups in total. The monoisotopic (exact) mass is 250 g/mol. The van der Waals surface area contributed by atoms with E-state index in [2.05, 4.69) is 17.3 Å². The molecule has 0 aliphatic carbocycles. The molecule has 1 aromatic carbocycles. The Kier molecular flexibility index (Phi) is 3.97. The fraction of sp³-hybridized carbons (Fsp3) is 0.500. The van der Waals surface area contributed by atoms with E-state index in [9.17, 15) is 9.18 Å². The highest BCUT2D eigenvalue weighted by Gasteiger charge is 2.20. The van der Waals surface area contributed by atoms with Crippen LogP contribution >= 0.6 is 0 Å². The van der Waals surface area contributed by atoms with Crippen LogP contribution in [0.3, 0.4) is 0 Å². The lowest BCUT2D eigenvalue weighted by Gasteiger charge is -2.12. The number of rotatable bonds is 3. The SMILES string of the molecule is Cc1ccc(C(=O)NCC2CCN(C)C2)c(F)c1. The van der Waals surface area contributed by atoms with E-state index in [4.69, 9.17) is 0 Å². The summed E-state index contributed by atoms with van der Waals surface area (Å²) in [5, 5.41) is 2.82. The molecule has 1 saturated heterocycles. The van der Waals surface area contributed by atoms with E-state index in [-0.39, 0.29) is 11.5 Å². The van der Waals surface area contributed by atoms with Crippen LogP contribution in [0.5, 0.6) is 0 Å². The molecular weight excluding hydrogens is 231 g/mol. The first-order chi connectivity index (χ1) is 8.56. The second-order valence-electron chi connectivity index (χ2n) is 5.11. The first-order valence-electron chi connectivity index (χ1n) is 6.29. The maximum Gasteiger partial charge on any atom is 0.254 e. The minimum Gasteiger partial charge on any atom is -0.352 e. The van der Waals surface area contributed by atoms with E-state index in [1.807, 2.05) is 0 Å². The molecule has 0 spiro atoms. The molecule has 1 aromatic rings. The Morgan fingerprint density at radius 2 is 2.33 bits per heavy atom. The van der Waals surface area contributed by atoms with Gasteiger partial charge < -0.3 is 10.2 Å². The van der Waals surface area contributed by atoms with Crippen LogP contribution in [0.15, 0.2) is 18.2 Å². The molecule has 4 heteroatoms. The highest BCUT2D eigenvalue weighted by atomic mass is 19.1. The summed E-state index contributed by atoms with van der Waals surface area (Å²) in [5.41, 5.74) is 0.952. The highest BCUT2D eigenvalue weighted by Crippen LogP contribution is 2.14. The van der Waals surface area contributed by atoms with Crippen molar-refractivity contribution < 1.29 is 9.18 Å². The largest absolute Gasteiger partial charge is 0.352 e. The lowest BCUT2D eigenvalue weighted by Crippen LogP contribution is -2.31. The van der Waals surface area contributed by atoms with Crippen molar-refractivity contribution in [1.29, 1.82) is 0 Å². The topological polar surface area (TPSA) is 32.3 Å². The van der Waals surface area contributed by atoms with Gasteiger partial charge in [-0.25, -0.2) is 4.39 Å². The van der Waals surface area contributed by atoms with Crippen molar-refractivity contribution in [2.75, 3.05) is 26.7 Å². The number of amides is 1. The number of hydrogen-bond donors (Lipinski definition) is 1. The average molecular weight is 250 g/mol. The van der Waals surface area contributed by atoms with Crippen LogP contribution in [-0.4, -0.2) is 37.5 Å². The lowest BCUT2D eigenvalue weighted by molar-refractivity contribution is 0.0943. The van der Waals surface area contributed by atoms with Gasteiger partial charge in [0.05, 0.1) is 5.56 Å². The summed E-state index contributed by atoms with van der Waals surface area (Å²) < 4.78 is 13.6. The van der Waals surface area contributed by atoms with Crippen molar-refractivity contribution in [2.45, 2.75) is 13.3 Å². The molecular formula is C14H19FN2O. The minimum absolute atomic E-state index is 0.131. The standard InChI is InChI=1S/C14H19FN2O/c1-10-3-4-12(13(15)7-10)14(18)16-8-11-5-6-17(2)9-11/h3-4,7,11H,5-6,8-9H2,1-2H3,(H,16,18). The summed E-state index contributed by atoms with van der Waals surface area (Å²) in [6, 6.07) is 4.68. The van der Waals surface area contributed by atoms with E-state index in [1.165, 1.54) is 6.07 Å². The third-order valence-electron chi connectivity index (χ3n) is 3.41. The number of carbonyl (C=O) groups is 1. The molecule has 18 heavy (non-hydrogen) atoms. The number of aryl methyl sites for hydroxylation is 1. The fourth-order valence-corrected chi connectivity index (χ4v) is 2.33. The fourth-order valence-electron chi connectivity index (χ4n) is 2.33. The van der Waals surface area contributed by atoms with Crippen LogP contribution < -0.4 is 5.32 Å². The molecule has 2 rings (SSSR count). The molecule has 0 radical (unpaired) electrons. The second-order valence-corrected chi connectivity index (χ2v) is 5.11. The number of nitrogens with zero attached hydrogens (tertiary/aromatic N) is 1. The molecule has 0 aromatic heterocycles. The van der Waals surface area contributed by atoms with Gasteiger partial charge in [-0.15, -0.1) is 0 Å². The van der Waals surface area contributed by atoms with Crippen LogP contribution in [0, 0.1) is 18.7 Å². The second kappa shape index (κ2) is 5.48. The summed E-state index contributed by atoms with van der Waals surface area (Å²) in [4.78, 5) is 14.1. The Labute approximate surface area is 107 Å². The Morgan fingerprint density at radius 1 is 1.56 bits per heavy atom. The molecule has 98 valence electrons. The van der Waals surface area contributed by atoms with E-state index in [0.717, 1.165) is 25.1 Å². The van der Waals surface area contributed by atoms with Crippen LogP contribution in [0.1, 0.15) is 22.3 Å². The van der Waals surface area contributed by atoms with E-state index in [1.54, 1.807) is 19.1 Å². The van der Waals surface area contributed by atoms with Crippen LogP contribution in [-0.2, 0) is 0 Å². The number of likely N-dealkylation sites (tertiary alicyclic amines) is 1. The van der Waals surface area contributed by atoms with Gasteiger partial charge in [-0.3, -0.25) is 4.79 Å². The van der Waals surface area contributed by atoms with Crippen LogP contribution in [0.25, 0.3) is 0 Å². The molecule has 3 nitrogen and oxygen atoms in total. The Balaban J connectivity index is 1.91. The first-order valence-corrected chi connectivity index (χ1v) is 6.29. The van der Waals surface area contributed by atoms with Gasteiger partial charge in [-0.2, -0.15) is 0 Å². The zero-order valence-corrected chi connectivity index (χ0v) is 10.9. The number of nitrogens with one attached hydrogen (secondary N) is 1. The third-order valence-corrected chi connectivity index (χ3v) is 3.41. The lowest BCUT2D eigenvalue weighted by atomic mass is 10.1. The van der Waals surface area contributed by atoms with Gasteiger partial charge in [0.15, 0.2) is 0 Å². The first kappa shape index (κ1) is 13.0. The zero-order chi connectivity index (χ0) is 13.1. The van der Waals surface area contributed by atoms with E-state index >= 15 is 0 Å². The normalized spacial score (nSPS) is 20.1. The predicted molar refractivity (Wildman–Crippen MR) is 69.1 cm³/mol. The molecule has 1 aliphatic rings. The number of hydrogen-bond acceptors (Lipinski definition) is 2. The molecule has 1 fully saturated rings. The quantitative estimate of drug-likeness (QED) is 0.887.